The van der Waals surface area contributed by atoms with E-state index >= 15 is 0 Å². The minimum Gasteiger partial charge on any atom is -0.504 e. The maximum absolute atomic E-state index is 13.4. The molecule has 0 spiro atoms. The van der Waals surface area contributed by atoms with Gasteiger partial charge >= 0.3 is 5.97 Å². The highest BCUT2D eigenvalue weighted by atomic mass is 79.9. The van der Waals surface area contributed by atoms with Gasteiger partial charge in [-0.2, -0.15) is 0 Å². The Hall–Kier alpha value is -3.53. The van der Waals surface area contributed by atoms with Crippen LogP contribution in [0.4, 0.5) is 0 Å². The van der Waals surface area contributed by atoms with Gasteiger partial charge in [0.15, 0.2) is 23.1 Å². The molecule has 1 fully saturated rings. The van der Waals surface area contributed by atoms with E-state index in [0.29, 0.717) is 16.7 Å². The minimum atomic E-state index is -1.11. The average molecular weight is 556 g/mol. The SMILES string of the molecule is COc1cc(C2C3=CCC4C(=O)N(CCC(=O)O)C(=O)C4C3CC3=C2C(=O)C=C(Br)C3=O)ccc1O. The Morgan fingerprint density at radius 2 is 1.92 bits per heavy atom. The number of hydrogen-bond donors (Lipinski definition) is 2. The number of halogens is 1. The number of ketones is 2. The zero-order valence-electron chi connectivity index (χ0n) is 19.2. The Kier molecular flexibility index (Phi) is 5.94. The fourth-order valence-electron chi connectivity index (χ4n) is 5.95. The van der Waals surface area contributed by atoms with Gasteiger partial charge in [0.25, 0.3) is 0 Å². The highest BCUT2D eigenvalue weighted by molar-refractivity contribution is 9.12. The summed E-state index contributed by atoms with van der Waals surface area (Å²) in [6.45, 7) is -0.208. The maximum atomic E-state index is 13.4. The van der Waals surface area contributed by atoms with Crippen molar-refractivity contribution in [2.45, 2.75) is 25.2 Å². The van der Waals surface area contributed by atoms with Crippen molar-refractivity contribution in [3.05, 3.63) is 57.1 Å². The van der Waals surface area contributed by atoms with Gasteiger partial charge in [-0.1, -0.05) is 17.7 Å². The Bertz CT molecular complexity index is 1340. The number of ether oxygens (including phenoxy) is 1. The number of allylic oxidation sites excluding steroid dienone is 6. The molecule has 1 saturated heterocycles. The molecule has 1 aliphatic heterocycles. The average Bonchev–Trinajstić information content (AvgIpc) is 3.09. The summed E-state index contributed by atoms with van der Waals surface area (Å²) < 4.78 is 5.39. The molecule has 10 heteroatoms. The van der Waals surface area contributed by atoms with Gasteiger partial charge in [-0.3, -0.25) is 28.9 Å². The molecule has 186 valence electrons. The van der Waals surface area contributed by atoms with E-state index in [-0.39, 0.29) is 53.4 Å². The van der Waals surface area contributed by atoms with Crippen LogP contribution in [0, 0.1) is 17.8 Å². The van der Waals surface area contributed by atoms with Crippen molar-refractivity contribution in [2.24, 2.45) is 17.8 Å². The number of phenols is 1. The van der Waals surface area contributed by atoms with Crippen molar-refractivity contribution in [1.29, 1.82) is 0 Å². The van der Waals surface area contributed by atoms with Crippen LogP contribution in [-0.2, 0) is 24.0 Å². The van der Waals surface area contributed by atoms with Crippen LogP contribution in [0.5, 0.6) is 11.5 Å². The summed E-state index contributed by atoms with van der Waals surface area (Å²) in [4.78, 5) is 64.9. The van der Waals surface area contributed by atoms with Crippen molar-refractivity contribution < 1.29 is 38.9 Å². The Labute approximate surface area is 214 Å². The predicted octanol–water partition coefficient (Wildman–Crippen LogP) is 2.64. The molecule has 0 aromatic heterocycles. The van der Waals surface area contributed by atoms with Crippen LogP contribution in [0.3, 0.4) is 0 Å². The minimum absolute atomic E-state index is 0.0835. The van der Waals surface area contributed by atoms with Gasteiger partial charge in [-0.25, -0.2) is 0 Å². The van der Waals surface area contributed by atoms with E-state index in [2.05, 4.69) is 15.9 Å². The topological polar surface area (TPSA) is 138 Å². The number of aliphatic carboxylic acids is 1. The van der Waals surface area contributed by atoms with Crippen molar-refractivity contribution in [3.8, 4) is 11.5 Å². The first kappa shape index (κ1) is 24.2. The first-order valence-electron chi connectivity index (χ1n) is 11.5. The molecule has 0 bridgehead atoms. The second-order valence-corrected chi connectivity index (χ2v) is 10.2. The Morgan fingerprint density at radius 3 is 2.61 bits per heavy atom. The molecule has 2 amide bonds. The van der Waals surface area contributed by atoms with E-state index < -0.39 is 41.5 Å². The summed E-state index contributed by atoms with van der Waals surface area (Å²) in [7, 11) is 1.40. The fourth-order valence-corrected chi connectivity index (χ4v) is 6.40. The molecule has 4 atom stereocenters. The van der Waals surface area contributed by atoms with Crippen LogP contribution in [0.25, 0.3) is 0 Å². The number of carboxylic acid groups (broad SMARTS) is 1. The molecule has 2 N–H and O–H groups in total. The smallest absolute Gasteiger partial charge is 0.305 e. The largest absolute Gasteiger partial charge is 0.504 e. The first-order valence-corrected chi connectivity index (χ1v) is 12.3. The van der Waals surface area contributed by atoms with Gasteiger partial charge in [0.2, 0.25) is 11.8 Å². The third kappa shape index (κ3) is 3.62. The zero-order valence-corrected chi connectivity index (χ0v) is 20.8. The highest BCUT2D eigenvalue weighted by Crippen LogP contribution is 2.55. The number of imide groups is 1. The number of aromatic hydroxyl groups is 1. The molecule has 1 heterocycles. The number of likely N-dealkylation sites (tertiary alicyclic amines) is 1. The lowest BCUT2D eigenvalue weighted by Crippen LogP contribution is -2.39. The lowest BCUT2D eigenvalue weighted by Gasteiger charge is -2.42. The predicted molar refractivity (Wildman–Crippen MR) is 128 cm³/mol. The van der Waals surface area contributed by atoms with Gasteiger partial charge in [0.05, 0.1) is 29.8 Å². The monoisotopic (exact) mass is 555 g/mol. The van der Waals surface area contributed by atoms with Crippen LogP contribution in [0.2, 0.25) is 0 Å². The molecule has 5 rings (SSSR count). The summed E-state index contributed by atoms with van der Waals surface area (Å²) >= 11 is 3.18. The number of fused-ring (bicyclic) bond motifs is 3. The number of hydrogen-bond acceptors (Lipinski definition) is 7. The number of phenolic OH excluding ortho intramolecular Hbond substituents is 1. The summed E-state index contributed by atoms with van der Waals surface area (Å²) in [6.07, 6.45) is 3.15. The molecule has 3 aliphatic carbocycles. The van der Waals surface area contributed by atoms with E-state index in [4.69, 9.17) is 9.84 Å². The number of carbonyl (C=O) groups is 5. The Morgan fingerprint density at radius 1 is 1.17 bits per heavy atom. The fraction of sp³-hybridized carbons (Fsp3) is 0.346. The van der Waals surface area contributed by atoms with E-state index in [9.17, 15) is 29.1 Å². The van der Waals surface area contributed by atoms with Gasteiger partial charge < -0.3 is 14.9 Å². The number of carboxylic acids is 1. The summed E-state index contributed by atoms with van der Waals surface area (Å²) in [5.41, 5.74) is 1.98. The van der Waals surface area contributed by atoms with Gasteiger partial charge in [0.1, 0.15) is 0 Å². The molecule has 36 heavy (non-hydrogen) atoms. The van der Waals surface area contributed by atoms with E-state index in [1.165, 1.54) is 19.3 Å². The first-order chi connectivity index (χ1) is 17.1. The normalized spacial score (nSPS) is 27.3. The van der Waals surface area contributed by atoms with Gasteiger partial charge in [-0.05, 0) is 52.4 Å². The summed E-state index contributed by atoms with van der Waals surface area (Å²) in [5, 5.41) is 19.2. The molecule has 1 aromatic carbocycles. The molecule has 9 nitrogen and oxygen atoms in total. The van der Waals surface area contributed by atoms with Crippen LogP contribution in [-0.4, -0.2) is 58.1 Å². The molecule has 4 aliphatic rings. The maximum Gasteiger partial charge on any atom is 0.305 e. The second-order valence-electron chi connectivity index (χ2n) is 9.30. The zero-order chi connectivity index (χ0) is 25.9. The number of nitrogens with zero attached hydrogens (tertiary/aromatic N) is 1. The van der Waals surface area contributed by atoms with Crippen LogP contribution in [0.15, 0.2) is 51.6 Å². The molecular weight excluding hydrogens is 534 g/mol. The van der Waals surface area contributed by atoms with Crippen LogP contribution >= 0.6 is 15.9 Å². The molecular formula is C26H22BrNO8. The number of carbonyl (C=O) groups excluding carboxylic acids is 4. The van der Waals surface area contributed by atoms with Crippen LogP contribution in [0.1, 0.15) is 30.7 Å². The third-order valence-electron chi connectivity index (χ3n) is 7.51. The molecule has 1 aromatic rings. The lowest BCUT2D eigenvalue weighted by molar-refractivity contribution is -0.142. The molecule has 0 saturated carbocycles. The van der Waals surface area contributed by atoms with Crippen LogP contribution < -0.4 is 4.74 Å². The summed E-state index contributed by atoms with van der Waals surface area (Å²) in [6, 6.07) is 4.70. The third-order valence-corrected chi connectivity index (χ3v) is 8.10. The number of amides is 2. The number of methoxy groups -OCH3 is 1. The lowest BCUT2D eigenvalue weighted by atomic mass is 9.59. The van der Waals surface area contributed by atoms with E-state index in [1.54, 1.807) is 12.1 Å². The number of Topliss-reactive ketones (excluding diaryl/α,β-unsaturated/α-hetero) is 1. The molecule has 0 radical (unpaired) electrons. The molecule has 4 unspecified atom stereocenters. The Balaban J connectivity index is 1.63. The number of rotatable bonds is 5. The second kappa shape index (κ2) is 8.85. The van der Waals surface area contributed by atoms with Gasteiger partial charge in [-0.15, -0.1) is 0 Å². The van der Waals surface area contributed by atoms with Gasteiger partial charge in [0, 0.05) is 29.7 Å². The number of benzene rings is 1. The van der Waals surface area contributed by atoms with Crippen molar-refractivity contribution in [2.75, 3.05) is 13.7 Å². The van der Waals surface area contributed by atoms with E-state index in [1.807, 2.05) is 6.08 Å². The van der Waals surface area contributed by atoms with E-state index in [0.717, 1.165) is 10.5 Å². The van der Waals surface area contributed by atoms with Crippen molar-refractivity contribution in [3.63, 3.8) is 0 Å². The van der Waals surface area contributed by atoms with Crippen molar-refractivity contribution >= 4 is 45.3 Å². The quantitative estimate of drug-likeness (QED) is 0.321. The van der Waals surface area contributed by atoms with Crippen molar-refractivity contribution in [1.82, 2.24) is 4.90 Å². The summed E-state index contributed by atoms with van der Waals surface area (Å²) in [5.74, 6) is -5.11. The highest BCUT2D eigenvalue weighted by Gasteiger charge is 2.56. The standard InChI is InChI=1S/C26H22BrNO8/c1-36-19-8-11(2-5-17(19)29)21-12-3-4-13-22(26(35)28(25(13)34)7-6-20(31)32)14(12)9-15-23(21)18(30)10-16(27)24(15)33/h2-3,5,8,10,13-14,21-22,29H,4,6-7,9H2,1H3,(H,31,32).